The molecule has 1 nitrogen and oxygen atoms in total. The van der Waals surface area contributed by atoms with Crippen molar-refractivity contribution in [3.8, 4) is 0 Å². The van der Waals surface area contributed by atoms with Crippen molar-refractivity contribution in [2.75, 3.05) is 11.4 Å². The molecule has 2 rings (SSSR count). The lowest BCUT2D eigenvalue weighted by atomic mass is 10.0. The average Bonchev–Trinajstić information content (AvgIpc) is 2.28. The van der Waals surface area contributed by atoms with E-state index in [9.17, 15) is 13.2 Å². The summed E-state index contributed by atoms with van der Waals surface area (Å²) in [5, 5.41) is 0. The van der Waals surface area contributed by atoms with E-state index in [1.807, 2.05) is 0 Å². The average molecular weight is 322 g/mol. The van der Waals surface area contributed by atoms with E-state index in [0.717, 1.165) is 11.0 Å². The molecule has 0 aromatic heterocycles. The van der Waals surface area contributed by atoms with Crippen LogP contribution in [0.15, 0.2) is 28.7 Å². The Morgan fingerprint density at radius 1 is 1.33 bits per heavy atom. The number of hydrogen-bond acceptors (Lipinski definition) is 1. The largest absolute Gasteiger partial charge is 0.379 e. The Bertz CT molecular complexity index is 418. The minimum absolute atomic E-state index is 0.508. The lowest BCUT2D eigenvalue weighted by Crippen LogP contribution is -2.33. The van der Waals surface area contributed by atoms with Gasteiger partial charge in [-0.25, -0.2) is 0 Å². The first-order valence-electron chi connectivity index (χ1n) is 5.62. The number of likely N-dealkylation sites (N-methyl/N-ethyl adjacent to an activating group) is 1. The van der Waals surface area contributed by atoms with Crippen LogP contribution in [-0.2, 0) is 0 Å². The Balaban J connectivity index is 0.000000357. The molecule has 0 spiro atoms. The minimum atomic E-state index is -3.67. The second-order valence-electron chi connectivity index (χ2n) is 3.84. The van der Waals surface area contributed by atoms with Crippen molar-refractivity contribution in [2.45, 2.75) is 26.6 Å². The summed E-state index contributed by atoms with van der Waals surface area (Å²) in [6.07, 6.45) is 4.45. The summed E-state index contributed by atoms with van der Waals surface area (Å²) in [4.78, 5) is 2.40. The topological polar surface area (TPSA) is 3.24 Å². The number of hydrogen-bond donors (Lipinski definition) is 0. The molecule has 5 heteroatoms. The fourth-order valence-corrected chi connectivity index (χ4v) is 2.32. The molecule has 1 unspecified atom stereocenters. The molecule has 0 aliphatic carbocycles. The van der Waals surface area contributed by atoms with Gasteiger partial charge in [0.1, 0.15) is 0 Å². The zero-order valence-electron chi connectivity index (χ0n) is 10.2. The Kier molecular flexibility index (Phi) is 5.72. The quantitative estimate of drug-likeness (QED) is 0.713. The lowest BCUT2D eigenvalue weighted by Gasteiger charge is -2.32. The third-order valence-corrected chi connectivity index (χ3v) is 3.18. The van der Waals surface area contributed by atoms with Gasteiger partial charge in [-0.15, -0.1) is 0 Å². The molecule has 1 aliphatic heterocycles. The van der Waals surface area contributed by atoms with Crippen LogP contribution in [0.4, 0.5) is 18.9 Å². The smallest absolute Gasteiger partial charge is 0.365 e. The first kappa shape index (κ1) is 15.1. The summed E-state index contributed by atoms with van der Waals surface area (Å²) in [5.41, 5.74) is 2.64. The van der Waals surface area contributed by atoms with Crippen LogP contribution >= 0.6 is 15.9 Å². The van der Waals surface area contributed by atoms with Crippen LogP contribution in [-0.4, -0.2) is 19.3 Å². The van der Waals surface area contributed by atoms with Crippen molar-refractivity contribution in [2.24, 2.45) is 0 Å². The predicted octanol–water partition coefficient (Wildman–Crippen LogP) is 4.87. The summed E-state index contributed by atoms with van der Waals surface area (Å²) in [7, 11) is 0. The molecule has 100 valence electrons. The molecule has 0 N–H and O–H groups in total. The van der Waals surface area contributed by atoms with E-state index in [1.54, 1.807) is 0 Å². The fraction of sp³-hybridized carbons (Fsp3) is 0.385. The van der Waals surface area contributed by atoms with Crippen LogP contribution < -0.4 is 4.90 Å². The monoisotopic (exact) mass is 321 g/mol. The van der Waals surface area contributed by atoms with E-state index in [1.165, 1.54) is 11.3 Å². The molecular formula is C13H15BrF3N. The molecule has 0 bridgehead atoms. The molecule has 0 fully saturated rings. The first-order valence-corrected chi connectivity index (χ1v) is 6.41. The van der Waals surface area contributed by atoms with Crippen LogP contribution in [0, 0.1) is 0 Å². The molecule has 1 heterocycles. The van der Waals surface area contributed by atoms with Gasteiger partial charge in [0.2, 0.25) is 0 Å². The van der Waals surface area contributed by atoms with Crippen molar-refractivity contribution in [3.05, 3.63) is 34.3 Å². The number of fused-ring (bicyclic) bond motifs is 1. The Labute approximate surface area is 113 Å². The van der Waals surface area contributed by atoms with Crippen LogP contribution in [0.25, 0.3) is 6.08 Å². The summed E-state index contributed by atoms with van der Waals surface area (Å²) < 4.78 is 30.1. The van der Waals surface area contributed by atoms with Gasteiger partial charge in [0.15, 0.2) is 0 Å². The molecule has 1 aromatic rings. The van der Waals surface area contributed by atoms with Crippen molar-refractivity contribution >= 4 is 27.7 Å². The van der Waals surface area contributed by atoms with Crippen molar-refractivity contribution in [1.29, 1.82) is 0 Å². The molecule has 0 saturated carbocycles. The van der Waals surface area contributed by atoms with Gasteiger partial charge in [0.05, 0.1) is 0 Å². The van der Waals surface area contributed by atoms with Gasteiger partial charge in [-0.1, -0.05) is 28.1 Å². The molecular weight excluding hydrogens is 307 g/mol. The van der Waals surface area contributed by atoms with E-state index in [4.69, 9.17) is 0 Å². The molecule has 1 aliphatic rings. The van der Waals surface area contributed by atoms with E-state index in [-0.39, 0.29) is 0 Å². The number of nitrogens with zero attached hydrogens (tertiary/aromatic N) is 1. The third kappa shape index (κ3) is 4.05. The van der Waals surface area contributed by atoms with Gasteiger partial charge in [-0.05, 0) is 37.6 Å². The maximum Gasteiger partial charge on any atom is 0.379 e. The Morgan fingerprint density at radius 2 is 1.94 bits per heavy atom. The van der Waals surface area contributed by atoms with Crippen molar-refractivity contribution < 1.29 is 13.2 Å². The molecule has 0 radical (unpaired) electrons. The maximum atomic E-state index is 9.67. The highest BCUT2D eigenvalue weighted by Gasteiger charge is 2.16. The van der Waals surface area contributed by atoms with Crippen molar-refractivity contribution in [1.82, 2.24) is 0 Å². The Hall–Kier alpha value is -0.970. The van der Waals surface area contributed by atoms with Crippen LogP contribution in [0.2, 0.25) is 0 Å². The maximum absolute atomic E-state index is 9.67. The van der Waals surface area contributed by atoms with Gasteiger partial charge in [0, 0.05) is 22.7 Å². The Morgan fingerprint density at radius 3 is 2.50 bits per heavy atom. The molecule has 18 heavy (non-hydrogen) atoms. The first-order chi connectivity index (χ1) is 8.45. The zero-order chi connectivity index (χ0) is 13.7. The van der Waals surface area contributed by atoms with Crippen molar-refractivity contribution in [3.63, 3.8) is 0 Å². The number of alkyl halides is 3. The van der Waals surface area contributed by atoms with E-state index >= 15 is 0 Å². The van der Waals surface area contributed by atoms with E-state index in [0.29, 0.717) is 6.04 Å². The van der Waals surface area contributed by atoms with Gasteiger partial charge in [-0.2, -0.15) is 13.2 Å². The molecule has 0 amide bonds. The summed E-state index contributed by atoms with van der Waals surface area (Å²) in [6, 6.07) is 6.96. The molecule has 0 saturated heterocycles. The zero-order valence-corrected chi connectivity index (χ0v) is 11.8. The summed E-state index contributed by atoms with van der Waals surface area (Å²) in [5.74, 6) is 0. The number of anilines is 1. The van der Waals surface area contributed by atoms with Gasteiger partial charge in [0.25, 0.3) is 0 Å². The van der Waals surface area contributed by atoms with Gasteiger partial charge in [-0.3, -0.25) is 0 Å². The highest BCUT2D eigenvalue weighted by molar-refractivity contribution is 9.10. The second kappa shape index (κ2) is 6.83. The standard InChI is InChI=1S/C12H14BrN.CHF3/c1-3-14-9(2)4-5-10-8-11(13)6-7-12(10)14;2-1(3)4/h4-9H,3H2,1-2H3;1H. The normalized spacial score (nSPS) is 17.3. The third-order valence-electron chi connectivity index (χ3n) is 2.69. The molecule has 1 atom stereocenters. The lowest BCUT2D eigenvalue weighted by molar-refractivity contribution is 0.00819. The van der Waals surface area contributed by atoms with Crippen LogP contribution in [0.1, 0.15) is 19.4 Å². The van der Waals surface area contributed by atoms with Crippen LogP contribution in [0.3, 0.4) is 0 Å². The number of halogens is 4. The fourth-order valence-electron chi connectivity index (χ4n) is 1.94. The number of rotatable bonds is 1. The summed E-state index contributed by atoms with van der Waals surface area (Å²) in [6.45, 7) is 1.81. The highest BCUT2D eigenvalue weighted by Crippen LogP contribution is 2.30. The minimum Gasteiger partial charge on any atom is -0.365 e. The van der Waals surface area contributed by atoms with Gasteiger partial charge >= 0.3 is 6.68 Å². The number of benzene rings is 1. The van der Waals surface area contributed by atoms with Gasteiger partial charge < -0.3 is 4.90 Å². The SMILES string of the molecule is CCN1c2ccc(Br)cc2C=CC1C.FC(F)F. The van der Waals surface area contributed by atoms with E-state index < -0.39 is 6.68 Å². The summed E-state index contributed by atoms with van der Waals surface area (Å²) >= 11 is 3.49. The molecule has 1 aromatic carbocycles. The predicted molar refractivity (Wildman–Crippen MR) is 72.8 cm³/mol. The second-order valence-corrected chi connectivity index (χ2v) is 4.75. The van der Waals surface area contributed by atoms with Crippen LogP contribution in [0.5, 0.6) is 0 Å². The highest BCUT2D eigenvalue weighted by atomic mass is 79.9. The van der Waals surface area contributed by atoms with E-state index in [2.05, 4.69) is 65.0 Å².